The molecule has 102 valence electrons. The molecule has 0 fully saturated rings. The zero-order valence-corrected chi connectivity index (χ0v) is 13.4. The van der Waals surface area contributed by atoms with Crippen LogP contribution in [-0.2, 0) is 6.54 Å². The van der Waals surface area contributed by atoms with Crippen molar-refractivity contribution < 1.29 is 0 Å². The molecule has 0 heterocycles. The lowest BCUT2D eigenvalue weighted by molar-refractivity contribution is 0.298. The van der Waals surface area contributed by atoms with Gasteiger partial charge >= 0.3 is 0 Å². The second kappa shape index (κ2) is 8.68. The highest BCUT2D eigenvalue weighted by Crippen LogP contribution is 2.15. The van der Waals surface area contributed by atoms with Gasteiger partial charge < -0.3 is 10.2 Å². The molecule has 0 unspecified atom stereocenters. The molecule has 0 atom stereocenters. The van der Waals surface area contributed by atoms with Crippen LogP contribution in [0, 0.1) is 6.92 Å². The van der Waals surface area contributed by atoms with Crippen LogP contribution in [0.2, 0.25) is 0 Å². The van der Waals surface area contributed by atoms with Crippen molar-refractivity contribution >= 4 is 15.9 Å². The Bertz CT molecular complexity index is 328. The van der Waals surface area contributed by atoms with E-state index in [4.69, 9.17) is 0 Å². The third-order valence-electron chi connectivity index (χ3n) is 3.15. The van der Waals surface area contributed by atoms with Crippen molar-refractivity contribution in [3.05, 3.63) is 33.8 Å². The number of halogens is 1. The molecule has 0 aromatic heterocycles. The Balaban J connectivity index is 2.21. The van der Waals surface area contributed by atoms with Gasteiger partial charge in [0, 0.05) is 11.0 Å². The Hall–Kier alpha value is -0.380. The number of benzene rings is 1. The van der Waals surface area contributed by atoms with Gasteiger partial charge in [-0.25, -0.2) is 0 Å². The van der Waals surface area contributed by atoms with Gasteiger partial charge in [-0.2, -0.15) is 0 Å². The highest BCUT2D eigenvalue weighted by Gasteiger charge is 1.99. The first-order chi connectivity index (χ1) is 8.65. The molecule has 0 radical (unpaired) electrons. The average molecular weight is 313 g/mol. The number of nitrogens with zero attached hydrogens (tertiary/aromatic N) is 1. The summed E-state index contributed by atoms with van der Waals surface area (Å²) in [6, 6.07) is 6.57. The summed E-state index contributed by atoms with van der Waals surface area (Å²) in [7, 11) is 0. The van der Waals surface area contributed by atoms with Gasteiger partial charge in [0.15, 0.2) is 0 Å². The van der Waals surface area contributed by atoms with Gasteiger partial charge in [0.25, 0.3) is 0 Å². The Kier molecular flexibility index (Phi) is 7.56. The second-order valence-electron chi connectivity index (χ2n) is 4.69. The van der Waals surface area contributed by atoms with Crippen LogP contribution in [0.4, 0.5) is 0 Å². The number of hydrogen-bond acceptors (Lipinski definition) is 2. The number of rotatable bonds is 8. The van der Waals surface area contributed by atoms with Gasteiger partial charge in [0.05, 0.1) is 0 Å². The van der Waals surface area contributed by atoms with Crippen molar-refractivity contribution in [2.45, 2.75) is 33.7 Å². The molecule has 1 N–H and O–H groups in total. The van der Waals surface area contributed by atoms with Crippen molar-refractivity contribution in [2.75, 3.05) is 26.2 Å². The third-order valence-corrected chi connectivity index (χ3v) is 3.61. The van der Waals surface area contributed by atoms with Crippen molar-refractivity contribution in [1.29, 1.82) is 0 Å². The molecule has 2 nitrogen and oxygen atoms in total. The van der Waals surface area contributed by atoms with Crippen LogP contribution in [0.1, 0.15) is 31.4 Å². The Morgan fingerprint density at radius 2 is 1.89 bits per heavy atom. The fourth-order valence-corrected chi connectivity index (χ4v) is 2.77. The van der Waals surface area contributed by atoms with E-state index in [1.54, 1.807) is 0 Å². The maximum absolute atomic E-state index is 3.54. The lowest BCUT2D eigenvalue weighted by Gasteiger charge is -2.17. The summed E-state index contributed by atoms with van der Waals surface area (Å²) in [5.74, 6) is 0. The fraction of sp³-hybridized carbons (Fsp3) is 0.600. The van der Waals surface area contributed by atoms with Gasteiger partial charge in [0.2, 0.25) is 0 Å². The van der Waals surface area contributed by atoms with Gasteiger partial charge in [-0.05, 0) is 62.8 Å². The van der Waals surface area contributed by atoms with Gasteiger partial charge in [-0.3, -0.25) is 0 Å². The lowest BCUT2D eigenvalue weighted by atomic mass is 10.1. The van der Waals surface area contributed by atoms with E-state index in [1.165, 1.54) is 28.6 Å². The molecule has 1 aromatic carbocycles. The SMILES string of the molecule is CCN(CC)CCCNCc1cc(C)cc(Br)c1. The molecule has 0 saturated heterocycles. The van der Waals surface area contributed by atoms with E-state index in [2.05, 4.69) is 65.1 Å². The smallest absolute Gasteiger partial charge is 0.0206 e. The van der Waals surface area contributed by atoms with Gasteiger partial charge in [-0.1, -0.05) is 35.8 Å². The molecule has 0 amide bonds. The van der Waals surface area contributed by atoms with Gasteiger partial charge in [0.1, 0.15) is 0 Å². The number of aryl methyl sites for hydroxylation is 1. The maximum Gasteiger partial charge on any atom is 0.0206 e. The lowest BCUT2D eigenvalue weighted by Crippen LogP contribution is -2.27. The zero-order valence-electron chi connectivity index (χ0n) is 11.8. The minimum absolute atomic E-state index is 0.957. The van der Waals surface area contributed by atoms with E-state index in [0.717, 1.165) is 26.2 Å². The summed E-state index contributed by atoms with van der Waals surface area (Å²) in [4.78, 5) is 2.46. The Morgan fingerprint density at radius 3 is 2.50 bits per heavy atom. The molecule has 0 aliphatic heterocycles. The molecule has 1 aromatic rings. The molecule has 18 heavy (non-hydrogen) atoms. The van der Waals surface area contributed by atoms with Crippen LogP contribution in [-0.4, -0.2) is 31.1 Å². The quantitative estimate of drug-likeness (QED) is 0.738. The largest absolute Gasteiger partial charge is 0.313 e. The fourth-order valence-electron chi connectivity index (χ4n) is 2.11. The Morgan fingerprint density at radius 1 is 1.17 bits per heavy atom. The molecule has 3 heteroatoms. The first-order valence-corrected chi connectivity index (χ1v) is 7.64. The van der Waals surface area contributed by atoms with Crippen LogP contribution in [0.15, 0.2) is 22.7 Å². The average Bonchev–Trinajstić information content (AvgIpc) is 2.32. The second-order valence-corrected chi connectivity index (χ2v) is 5.61. The molecule has 0 saturated carbocycles. The summed E-state index contributed by atoms with van der Waals surface area (Å²) in [6.45, 7) is 12.1. The third kappa shape index (κ3) is 5.98. The maximum atomic E-state index is 3.54. The van der Waals surface area contributed by atoms with Crippen LogP contribution in [0.5, 0.6) is 0 Å². The van der Waals surface area contributed by atoms with Gasteiger partial charge in [-0.15, -0.1) is 0 Å². The van der Waals surface area contributed by atoms with Crippen molar-refractivity contribution in [2.24, 2.45) is 0 Å². The van der Waals surface area contributed by atoms with Crippen molar-refractivity contribution in [1.82, 2.24) is 10.2 Å². The van der Waals surface area contributed by atoms with E-state index in [-0.39, 0.29) is 0 Å². The highest BCUT2D eigenvalue weighted by molar-refractivity contribution is 9.10. The standard InChI is InChI=1S/C15H25BrN2/c1-4-18(5-2)8-6-7-17-12-14-9-13(3)10-15(16)11-14/h9-11,17H,4-8,12H2,1-3H3. The molecule has 0 spiro atoms. The summed E-state index contributed by atoms with van der Waals surface area (Å²) in [5.41, 5.74) is 2.66. The number of nitrogens with one attached hydrogen (secondary N) is 1. The number of hydrogen-bond donors (Lipinski definition) is 1. The first kappa shape index (κ1) is 15.7. The minimum atomic E-state index is 0.957. The van der Waals surface area contributed by atoms with Crippen LogP contribution in [0.25, 0.3) is 0 Å². The normalized spacial score (nSPS) is 11.2. The predicted molar refractivity (Wildman–Crippen MR) is 83.0 cm³/mol. The minimum Gasteiger partial charge on any atom is -0.313 e. The monoisotopic (exact) mass is 312 g/mol. The summed E-state index contributed by atoms with van der Waals surface area (Å²) < 4.78 is 1.17. The van der Waals surface area contributed by atoms with E-state index >= 15 is 0 Å². The van der Waals surface area contributed by atoms with Crippen LogP contribution < -0.4 is 5.32 Å². The molecular formula is C15H25BrN2. The molecule has 0 aliphatic carbocycles. The topological polar surface area (TPSA) is 15.3 Å². The van der Waals surface area contributed by atoms with Crippen molar-refractivity contribution in [3.63, 3.8) is 0 Å². The van der Waals surface area contributed by atoms with E-state index in [0.29, 0.717) is 0 Å². The predicted octanol–water partition coefficient (Wildman–Crippen LogP) is 3.58. The summed E-state index contributed by atoms with van der Waals surface area (Å²) >= 11 is 3.54. The van der Waals surface area contributed by atoms with Crippen LogP contribution >= 0.6 is 15.9 Å². The Labute approximate surface area is 120 Å². The molecule has 1 rings (SSSR count). The highest BCUT2D eigenvalue weighted by atomic mass is 79.9. The first-order valence-electron chi connectivity index (χ1n) is 6.84. The zero-order chi connectivity index (χ0) is 13.4. The van der Waals surface area contributed by atoms with E-state index in [1.807, 2.05) is 0 Å². The summed E-state index contributed by atoms with van der Waals surface area (Å²) in [6.07, 6.45) is 1.22. The van der Waals surface area contributed by atoms with Crippen molar-refractivity contribution in [3.8, 4) is 0 Å². The summed E-state index contributed by atoms with van der Waals surface area (Å²) in [5, 5.41) is 3.51. The molecule has 0 bridgehead atoms. The van der Waals surface area contributed by atoms with Crippen LogP contribution in [0.3, 0.4) is 0 Å². The molecular weight excluding hydrogens is 288 g/mol. The van der Waals surface area contributed by atoms with E-state index < -0.39 is 0 Å². The molecule has 0 aliphatic rings. The van der Waals surface area contributed by atoms with E-state index in [9.17, 15) is 0 Å².